The number of anilines is 2. The highest BCUT2D eigenvalue weighted by Crippen LogP contribution is 2.41. The second-order valence-electron chi connectivity index (χ2n) is 6.96. The summed E-state index contributed by atoms with van der Waals surface area (Å²) in [4.78, 5) is 0.298. The Balaban J connectivity index is 1.75. The smallest absolute Gasteiger partial charge is 0.264 e. The van der Waals surface area contributed by atoms with Crippen molar-refractivity contribution >= 4 is 37.3 Å². The van der Waals surface area contributed by atoms with Crippen molar-refractivity contribution in [2.75, 3.05) is 9.62 Å². The largest absolute Gasteiger partial charge is 0.378 e. The van der Waals surface area contributed by atoms with Crippen LogP contribution in [0, 0.1) is 0 Å². The van der Waals surface area contributed by atoms with E-state index in [0.29, 0.717) is 11.3 Å². The third kappa shape index (κ3) is 3.54. The Morgan fingerprint density at radius 2 is 1.57 bits per heavy atom. The molecule has 0 radical (unpaired) electrons. The molecule has 2 unspecified atom stereocenters. The molecule has 0 aliphatic carbocycles. The van der Waals surface area contributed by atoms with E-state index in [4.69, 9.17) is 0 Å². The van der Waals surface area contributed by atoms with Crippen molar-refractivity contribution in [2.45, 2.75) is 30.3 Å². The summed E-state index contributed by atoms with van der Waals surface area (Å²) in [6, 6.07) is 24.4. The predicted octanol–water partition coefficient (Wildman–Crippen LogP) is 5.59. The summed E-state index contributed by atoms with van der Waals surface area (Å²) in [5.41, 5.74) is 2.75. The van der Waals surface area contributed by atoms with Crippen LogP contribution in [0.25, 0.3) is 0 Å². The molecule has 0 saturated carbocycles. The molecule has 0 saturated heterocycles. The van der Waals surface area contributed by atoms with Crippen LogP contribution in [0.2, 0.25) is 0 Å². The fraction of sp³-hybridized carbons (Fsp3) is 0.182. The lowest BCUT2D eigenvalue weighted by Crippen LogP contribution is -2.44. The van der Waals surface area contributed by atoms with E-state index >= 15 is 0 Å². The number of hydrogen-bond donors (Lipinski definition) is 1. The SMILES string of the molecule is CC1CC(Nc2ccccc2)c2ccccc2N1S(=O)(=O)c1ccc(Br)cc1. The van der Waals surface area contributed by atoms with Gasteiger partial charge in [-0.05, 0) is 61.4 Å². The van der Waals surface area contributed by atoms with Crippen LogP contribution in [0.3, 0.4) is 0 Å². The molecule has 0 aromatic heterocycles. The first-order chi connectivity index (χ1) is 13.5. The third-order valence-electron chi connectivity index (χ3n) is 5.01. The molecule has 28 heavy (non-hydrogen) atoms. The minimum absolute atomic E-state index is 0.0463. The Hall–Kier alpha value is -2.31. The highest BCUT2D eigenvalue weighted by Gasteiger charge is 2.37. The fourth-order valence-corrected chi connectivity index (χ4v) is 5.70. The zero-order valence-electron chi connectivity index (χ0n) is 15.4. The van der Waals surface area contributed by atoms with Crippen LogP contribution in [0.1, 0.15) is 24.9 Å². The summed E-state index contributed by atoms with van der Waals surface area (Å²) in [5, 5.41) is 3.56. The lowest BCUT2D eigenvalue weighted by Gasteiger charge is -2.40. The van der Waals surface area contributed by atoms with Gasteiger partial charge in [-0.3, -0.25) is 4.31 Å². The topological polar surface area (TPSA) is 49.4 Å². The van der Waals surface area contributed by atoms with Crippen LogP contribution in [0.15, 0.2) is 88.2 Å². The molecule has 4 nitrogen and oxygen atoms in total. The van der Waals surface area contributed by atoms with E-state index in [1.807, 2.05) is 61.5 Å². The van der Waals surface area contributed by atoms with Crippen molar-refractivity contribution in [3.63, 3.8) is 0 Å². The molecule has 1 N–H and O–H groups in total. The van der Waals surface area contributed by atoms with Crippen LogP contribution in [-0.4, -0.2) is 14.5 Å². The maximum Gasteiger partial charge on any atom is 0.264 e. The van der Waals surface area contributed by atoms with Crippen molar-refractivity contribution in [1.82, 2.24) is 0 Å². The molecule has 0 amide bonds. The van der Waals surface area contributed by atoms with Crippen molar-refractivity contribution in [2.24, 2.45) is 0 Å². The highest BCUT2D eigenvalue weighted by atomic mass is 79.9. The standard InChI is InChI=1S/C22H21BrN2O2S/c1-16-15-21(24-18-7-3-2-4-8-18)20-9-5-6-10-22(20)25(16)28(26,27)19-13-11-17(23)12-14-19/h2-14,16,21,24H,15H2,1H3. The number of para-hydroxylation sites is 2. The quantitative estimate of drug-likeness (QED) is 0.556. The summed E-state index contributed by atoms with van der Waals surface area (Å²) < 4.78 is 29.3. The minimum atomic E-state index is -3.65. The summed E-state index contributed by atoms with van der Waals surface area (Å²) in [7, 11) is -3.65. The van der Waals surface area contributed by atoms with Gasteiger partial charge >= 0.3 is 0 Å². The third-order valence-corrected chi connectivity index (χ3v) is 7.48. The van der Waals surface area contributed by atoms with E-state index < -0.39 is 10.0 Å². The van der Waals surface area contributed by atoms with Gasteiger partial charge in [0.2, 0.25) is 0 Å². The van der Waals surface area contributed by atoms with Gasteiger partial charge in [0.15, 0.2) is 0 Å². The van der Waals surface area contributed by atoms with Gasteiger partial charge in [-0.15, -0.1) is 0 Å². The zero-order valence-corrected chi connectivity index (χ0v) is 17.8. The van der Waals surface area contributed by atoms with Gasteiger partial charge in [-0.1, -0.05) is 52.3 Å². The Kier molecular flexibility index (Phi) is 5.17. The number of rotatable bonds is 4. The number of hydrogen-bond acceptors (Lipinski definition) is 3. The second-order valence-corrected chi connectivity index (χ2v) is 9.69. The van der Waals surface area contributed by atoms with Crippen molar-refractivity contribution in [3.8, 4) is 0 Å². The zero-order chi connectivity index (χ0) is 19.7. The van der Waals surface area contributed by atoms with E-state index in [2.05, 4.69) is 21.2 Å². The second kappa shape index (κ2) is 7.60. The van der Waals surface area contributed by atoms with E-state index in [1.54, 1.807) is 28.6 Å². The number of sulfonamides is 1. The van der Waals surface area contributed by atoms with Gasteiger partial charge in [0, 0.05) is 16.2 Å². The first-order valence-electron chi connectivity index (χ1n) is 9.17. The Bertz CT molecular complexity index is 1070. The number of nitrogens with zero attached hydrogens (tertiary/aromatic N) is 1. The maximum atomic E-state index is 13.4. The number of fused-ring (bicyclic) bond motifs is 1. The number of benzene rings is 3. The van der Waals surface area contributed by atoms with Crippen molar-refractivity contribution in [1.29, 1.82) is 0 Å². The molecule has 3 aromatic rings. The van der Waals surface area contributed by atoms with E-state index in [9.17, 15) is 8.42 Å². The van der Waals surface area contributed by atoms with E-state index in [0.717, 1.165) is 21.4 Å². The van der Waals surface area contributed by atoms with Crippen LogP contribution < -0.4 is 9.62 Å². The number of nitrogens with one attached hydrogen (secondary N) is 1. The molecule has 1 heterocycles. The molecule has 0 fully saturated rings. The van der Waals surface area contributed by atoms with Gasteiger partial charge in [0.05, 0.1) is 16.6 Å². The van der Waals surface area contributed by atoms with Gasteiger partial charge in [-0.25, -0.2) is 8.42 Å². The molecular weight excluding hydrogens is 436 g/mol. The molecule has 4 rings (SSSR count). The molecule has 3 aromatic carbocycles. The van der Waals surface area contributed by atoms with E-state index in [-0.39, 0.29) is 12.1 Å². The summed E-state index contributed by atoms with van der Waals surface area (Å²) in [6.07, 6.45) is 0.682. The monoisotopic (exact) mass is 456 g/mol. The molecular formula is C22H21BrN2O2S. The minimum Gasteiger partial charge on any atom is -0.378 e. The molecule has 6 heteroatoms. The van der Waals surface area contributed by atoms with Gasteiger partial charge in [0.1, 0.15) is 0 Å². The van der Waals surface area contributed by atoms with Crippen LogP contribution in [-0.2, 0) is 10.0 Å². The van der Waals surface area contributed by atoms with Gasteiger partial charge in [0.25, 0.3) is 10.0 Å². The maximum absolute atomic E-state index is 13.4. The van der Waals surface area contributed by atoms with Gasteiger partial charge in [-0.2, -0.15) is 0 Å². The summed E-state index contributed by atoms with van der Waals surface area (Å²) in [6.45, 7) is 1.96. The Morgan fingerprint density at radius 3 is 2.29 bits per heavy atom. The lowest BCUT2D eigenvalue weighted by molar-refractivity contribution is 0.537. The normalized spacial score (nSPS) is 19.1. The average Bonchev–Trinajstić information content (AvgIpc) is 2.69. The van der Waals surface area contributed by atoms with Crippen LogP contribution >= 0.6 is 15.9 Å². The van der Waals surface area contributed by atoms with Crippen LogP contribution in [0.5, 0.6) is 0 Å². The fourth-order valence-electron chi connectivity index (χ4n) is 3.74. The molecule has 1 aliphatic heterocycles. The lowest BCUT2D eigenvalue weighted by atomic mass is 9.93. The number of halogens is 1. The molecule has 0 spiro atoms. The predicted molar refractivity (Wildman–Crippen MR) is 117 cm³/mol. The first kappa shape index (κ1) is 19.0. The molecule has 1 aliphatic rings. The summed E-state index contributed by atoms with van der Waals surface area (Å²) >= 11 is 3.37. The highest BCUT2D eigenvalue weighted by molar-refractivity contribution is 9.10. The molecule has 144 valence electrons. The average molecular weight is 457 g/mol. The van der Waals surface area contributed by atoms with E-state index in [1.165, 1.54) is 0 Å². The first-order valence-corrected chi connectivity index (χ1v) is 11.4. The molecule has 0 bridgehead atoms. The van der Waals surface area contributed by atoms with Crippen molar-refractivity contribution in [3.05, 3.63) is 88.9 Å². The Morgan fingerprint density at radius 1 is 0.929 bits per heavy atom. The van der Waals surface area contributed by atoms with Crippen molar-refractivity contribution < 1.29 is 8.42 Å². The molecule has 2 atom stereocenters. The Labute approximate surface area is 174 Å². The van der Waals surface area contributed by atoms with Gasteiger partial charge < -0.3 is 5.32 Å². The van der Waals surface area contributed by atoms with Crippen LogP contribution in [0.4, 0.5) is 11.4 Å². The summed E-state index contributed by atoms with van der Waals surface area (Å²) in [5.74, 6) is 0.